The van der Waals surface area contributed by atoms with E-state index in [1.807, 2.05) is 37.3 Å². The highest BCUT2D eigenvalue weighted by molar-refractivity contribution is 5.96. The summed E-state index contributed by atoms with van der Waals surface area (Å²) in [7, 11) is 0. The van der Waals surface area contributed by atoms with E-state index in [2.05, 4.69) is 35.1 Å². The molecule has 2 N–H and O–H groups in total. The molecular formula is C23H23N3O2. The van der Waals surface area contributed by atoms with E-state index in [1.54, 1.807) is 17.0 Å². The Hall–Kier alpha value is -3.34. The van der Waals surface area contributed by atoms with Gasteiger partial charge in [0.1, 0.15) is 0 Å². The van der Waals surface area contributed by atoms with Crippen LogP contribution >= 0.6 is 0 Å². The maximum atomic E-state index is 12.8. The number of amides is 3. The average molecular weight is 373 g/mol. The maximum absolute atomic E-state index is 12.8. The van der Waals surface area contributed by atoms with Gasteiger partial charge in [0, 0.05) is 12.1 Å². The van der Waals surface area contributed by atoms with Crippen molar-refractivity contribution in [2.24, 2.45) is 0 Å². The lowest BCUT2D eigenvalue weighted by Crippen LogP contribution is -2.48. The number of carbonyl (C=O) groups excluding carboxylic acids is 2. The summed E-state index contributed by atoms with van der Waals surface area (Å²) in [5.74, 6) is -0.313. The first-order valence-corrected chi connectivity index (χ1v) is 9.55. The van der Waals surface area contributed by atoms with Crippen LogP contribution in [0.1, 0.15) is 40.4 Å². The van der Waals surface area contributed by atoms with Crippen molar-refractivity contribution in [1.82, 2.24) is 15.8 Å². The molecule has 1 unspecified atom stereocenters. The second-order valence-electron chi connectivity index (χ2n) is 7.12. The molecule has 1 aliphatic heterocycles. The quantitative estimate of drug-likeness (QED) is 0.657. The van der Waals surface area contributed by atoms with E-state index in [0.717, 1.165) is 24.0 Å². The number of nitrogens with one attached hydrogen (secondary N) is 2. The molecule has 0 bridgehead atoms. The molecule has 3 amide bonds. The largest absolute Gasteiger partial charge is 0.336 e. The predicted molar refractivity (Wildman–Crippen MR) is 110 cm³/mol. The molecule has 0 saturated carbocycles. The van der Waals surface area contributed by atoms with Gasteiger partial charge in [0.15, 0.2) is 0 Å². The van der Waals surface area contributed by atoms with E-state index in [1.165, 1.54) is 10.8 Å². The standard InChI is InChI=1S/C23H23N3O2/c1-16-8-2-4-11-18(16)22(27)24-25-23(28)26-15-7-14-21(26)20-13-6-10-17-9-3-5-12-19(17)20/h2-6,8-13,21H,7,14-15H2,1H3,(H,24,27)(H,25,28). The molecule has 1 aliphatic rings. The number of nitrogens with zero attached hydrogens (tertiary/aromatic N) is 1. The Labute approximate surface area is 164 Å². The number of rotatable bonds is 2. The van der Waals surface area contributed by atoms with Crippen LogP contribution in [0.2, 0.25) is 0 Å². The zero-order valence-corrected chi connectivity index (χ0v) is 15.8. The number of carbonyl (C=O) groups is 2. The molecule has 142 valence electrons. The van der Waals surface area contributed by atoms with Crippen molar-refractivity contribution in [2.75, 3.05) is 6.54 Å². The van der Waals surface area contributed by atoms with Crippen LogP contribution in [0.4, 0.5) is 4.79 Å². The Morgan fingerprint density at radius 1 is 0.929 bits per heavy atom. The van der Waals surface area contributed by atoms with Gasteiger partial charge in [0.2, 0.25) is 0 Å². The maximum Gasteiger partial charge on any atom is 0.336 e. The van der Waals surface area contributed by atoms with E-state index >= 15 is 0 Å². The molecule has 1 heterocycles. The zero-order valence-electron chi connectivity index (χ0n) is 15.8. The van der Waals surface area contributed by atoms with Crippen molar-refractivity contribution in [3.63, 3.8) is 0 Å². The SMILES string of the molecule is Cc1ccccc1C(=O)NNC(=O)N1CCCC1c1cccc2ccccc12. The first-order valence-electron chi connectivity index (χ1n) is 9.55. The summed E-state index contributed by atoms with van der Waals surface area (Å²) in [6.07, 6.45) is 1.85. The van der Waals surface area contributed by atoms with Crippen LogP contribution in [0.5, 0.6) is 0 Å². The number of urea groups is 1. The highest BCUT2D eigenvalue weighted by atomic mass is 16.2. The van der Waals surface area contributed by atoms with Crippen LogP contribution < -0.4 is 10.9 Å². The van der Waals surface area contributed by atoms with Crippen molar-refractivity contribution in [3.05, 3.63) is 83.4 Å². The fraction of sp³-hybridized carbons (Fsp3) is 0.217. The summed E-state index contributed by atoms with van der Waals surface area (Å²) >= 11 is 0. The smallest absolute Gasteiger partial charge is 0.316 e. The Morgan fingerprint density at radius 3 is 2.54 bits per heavy atom. The van der Waals surface area contributed by atoms with Gasteiger partial charge in [-0.1, -0.05) is 60.7 Å². The number of hydrogen-bond donors (Lipinski definition) is 2. The third-order valence-electron chi connectivity index (χ3n) is 5.37. The summed E-state index contributed by atoms with van der Waals surface area (Å²) in [5.41, 5.74) is 7.70. The van der Waals surface area contributed by atoms with Crippen molar-refractivity contribution in [3.8, 4) is 0 Å². The fourth-order valence-corrected chi connectivity index (χ4v) is 3.95. The predicted octanol–water partition coefficient (Wildman–Crippen LogP) is 4.34. The van der Waals surface area contributed by atoms with Crippen molar-refractivity contribution in [1.29, 1.82) is 0 Å². The minimum atomic E-state index is -0.313. The van der Waals surface area contributed by atoms with Crippen LogP contribution in [0.3, 0.4) is 0 Å². The Bertz CT molecular complexity index is 1030. The van der Waals surface area contributed by atoms with E-state index in [4.69, 9.17) is 0 Å². The molecule has 0 aliphatic carbocycles. The van der Waals surface area contributed by atoms with Crippen LogP contribution in [0, 0.1) is 6.92 Å². The van der Waals surface area contributed by atoms with Gasteiger partial charge < -0.3 is 4.90 Å². The van der Waals surface area contributed by atoms with E-state index in [0.29, 0.717) is 12.1 Å². The van der Waals surface area contributed by atoms with E-state index in [9.17, 15) is 9.59 Å². The summed E-state index contributed by atoms with van der Waals surface area (Å²) in [6, 6.07) is 21.4. The van der Waals surface area contributed by atoms with Gasteiger partial charge in [-0.25, -0.2) is 10.2 Å². The van der Waals surface area contributed by atoms with Crippen molar-refractivity contribution < 1.29 is 9.59 Å². The lowest BCUT2D eigenvalue weighted by Gasteiger charge is -2.26. The van der Waals surface area contributed by atoms with Gasteiger partial charge in [0.05, 0.1) is 6.04 Å². The van der Waals surface area contributed by atoms with Crippen LogP contribution in [-0.2, 0) is 0 Å². The Balaban J connectivity index is 1.50. The third kappa shape index (κ3) is 3.43. The molecule has 28 heavy (non-hydrogen) atoms. The van der Waals surface area contributed by atoms with Gasteiger partial charge in [0.25, 0.3) is 5.91 Å². The van der Waals surface area contributed by atoms with Crippen molar-refractivity contribution in [2.45, 2.75) is 25.8 Å². The molecule has 3 aromatic carbocycles. The van der Waals surface area contributed by atoms with Crippen LogP contribution in [0.15, 0.2) is 66.7 Å². The number of aryl methyl sites for hydroxylation is 1. The molecule has 5 nitrogen and oxygen atoms in total. The summed E-state index contributed by atoms with van der Waals surface area (Å²) < 4.78 is 0. The summed E-state index contributed by atoms with van der Waals surface area (Å²) in [5, 5.41) is 2.33. The normalized spacial score (nSPS) is 16.2. The number of hydrazine groups is 1. The lowest BCUT2D eigenvalue weighted by atomic mass is 9.97. The summed E-state index contributed by atoms with van der Waals surface area (Å²) in [4.78, 5) is 27.0. The van der Waals surface area contributed by atoms with E-state index in [-0.39, 0.29) is 18.0 Å². The van der Waals surface area contributed by atoms with E-state index < -0.39 is 0 Å². The molecule has 3 aromatic rings. The minimum absolute atomic E-state index is 0.00136. The molecule has 4 rings (SSSR count). The number of fused-ring (bicyclic) bond motifs is 1. The van der Waals surface area contributed by atoms with Crippen molar-refractivity contribution >= 4 is 22.7 Å². The molecule has 0 radical (unpaired) electrons. The topological polar surface area (TPSA) is 61.4 Å². The zero-order chi connectivity index (χ0) is 19.5. The number of likely N-dealkylation sites (tertiary alicyclic amines) is 1. The van der Waals surface area contributed by atoms with Gasteiger partial charge in [-0.2, -0.15) is 0 Å². The second-order valence-corrected chi connectivity index (χ2v) is 7.12. The molecule has 0 aromatic heterocycles. The van der Waals surface area contributed by atoms with Crippen LogP contribution in [0.25, 0.3) is 10.8 Å². The highest BCUT2D eigenvalue weighted by Crippen LogP contribution is 2.35. The lowest BCUT2D eigenvalue weighted by molar-refractivity contribution is 0.0928. The minimum Gasteiger partial charge on any atom is -0.316 e. The average Bonchev–Trinajstić information content (AvgIpc) is 3.21. The Kier molecular flexibility index (Phi) is 4.98. The first kappa shape index (κ1) is 18.0. The summed E-state index contributed by atoms with van der Waals surface area (Å²) in [6.45, 7) is 2.54. The van der Waals surface area contributed by atoms with Gasteiger partial charge in [-0.15, -0.1) is 0 Å². The molecule has 5 heteroatoms. The second kappa shape index (κ2) is 7.72. The highest BCUT2D eigenvalue weighted by Gasteiger charge is 2.31. The molecule has 0 spiro atoms. The van der Waals surface area contributed by atoms with Gasteiger partial charge in [-0.05, 0) is 47.7 Å². The molecular weight excluding hydrogens is 350 g/mol. The number of benzene rings is 3. The third-order valence-corrected chi connectivity index (χ3v) is 5.37. The number of hydrogen-bond acceptors (Lipinski definition) is 2. The fourth-order valence-electron chi connectivity index (χ4n) is 3.95. The van der Waals surface area contributed by atoms with Crippen LogP contribution in [-0.4, -0.2) is 23.4 Å². The van der Waals surface area contributed by atoms with Gasteiger partial charge >= 0.3 is 6.03 Å². The Morgan fingerprint density at radius 2 is 1.68 bits per heavy atom. The van der Waals surface area contributed by atoms with Gasteiger partial charge in [-0.3, -0.25) is 10.2 Å². The molecule has 1 fully saturated rings. The molecule has 1 saturated heterocycles. The first-order chi connectivity index (χ1) is 13.6. The monoisotopic (exact) mass is 373 g/mol. The molecule has 1 atom stereocenters.